The van der Waals surface area contributed by atoms with Gasteiger partial charge in [0.1, 0.15) is 11.4 Å². The van der Waals surface area contributed by atoms with E-state index in [2.05, 4.69) is 15.2 Å². The molecule has 1 saturated heterocycles. The molecule has 3 heterocycles. The largest absolute Gasteiger partial charge is 0.478 e. The number of pyridine rings is 1. The van der Waals surface area contributed by atoms with Gasteiger partial charge in [0, 0.05) is 38.0 Å². The van der Waals surface area contributed by atoms with Crippen molar-refractivity contribution in [3.8, 4) is 0 Å². The fraction of sp³-hybridized carbons (Fsp3) is 0.647. The van der Waals surface area contributed by atoms with Gasteiger partial charge < -0.3 is 15.2 Å². The normalized spacial score (nSPS) is 25.0. The van der Waals surface area contributed by atoms with Crippen molar-refractivity contribution in [2.75, 3.05) is 25.1 Å². The van der Waals surface area contributed by atoms with Gasteiger partial charge in [-0.2, -0.15) is 0 Å². The summed E-state index contributed by atoms with van der Waals surface area (Å²) in [5.41, 5.74) is 2.40. The summed E-state index contributed by atoms with van der Waals surface area (Å²) < 4.78 is 5.48. The third-order valence-corrected chi connectivity index (χ3v) is 5.38. The second-order valence-electron chi connectivity index (χ2n) is 6.80. The Labute approximate surface area is 135 Å². The standard InChI is InChI=1S/C17H23N3O3/c21-17(22)15-14-4-6-20(13-5-7-23-10-13)9-11(14)8-18-16(15)19-12-2-1-3-12/h8,12-13H,1-7,9-10H2,(H,18,19)(H,21,22)/t13-/m0/s1. The van der Waals surface area contributed by atoms with E-state index in [4.69, 9.17) is 4.74 Å². The first-order valence-electron chi connectivity index (χ1n) is 8.54. The maximum Gasteiger partial charge on any atom is 0.339 e. The molecule has 6 heteroatoms. The summed E-state index contributed by atoms with van der Waals surface area (Å²) in [5, 5.41) is 13.0. The van der Waals surface area contributed by atoms with E-state index in [1.165, 1.54) is 6.42 Å². The van der Waals surface area contributed by atoms with Crippen LogP contribution in [-0.2, 0) is 17.7 Å². The van der Waals surface area contributed by atoms with Crippen molar-refractivity contribution in [1.82, 2.24) is 9.88 Å². The number of hydrogen-bond acceptors (Lipinski definition) is 5. The van der Waals surface area contributed by atoms with Gasteiger partial charge in [-0.1, -0.05) is 0 Å². The third kappa shape index (κ3) is 2.81. The number of aromatic nitrogens is 1. The topological polar surface area (TPSA) is 74.7 Å². The van der Waals surface area contributed by atoms with Crippen LogP contribution in [0.3, 0.4) is 0 Å². The SMILES string of the molecule is O=C(O)c1c(NC2CCC2)ncc2c1CCN([C@H]1CCOC1)C2. The molecule has 6 nitrogen and oxygen atoms in total. The number of nitrogens with one attached hydrogen (secondary N) is 1. The van der Waals surface area contributed by atoms with Gasteiger partial charge in [0.2, 0.25) is 0 Å². The maximum atomic E-state index is 11.8. The van der Waals surface area contributed by atoms with Crippen molar-refractivity contribution >= 4 is 11.8 Å². The Kier molecular flexibility index (Phi) is 3.95. The molecule has 23 heavy (non-hydrogen) atoms. The van der Waals surface area contributed by atoms with E-state index in [0.29, 0.717) is 23.5 Å². The number of aromatic carboxylic acids is 1. The lowest BCUT2D eigenvalue weighted by Gasteiger charge is -2.34. The highest BCUT2D eigenvalue weighted by Crippen LogP contribution is 2.31. The zero-order valence-electron chi connectivity index (χ0n) is 13.3. The van der Waals surface area contributed by atoms with Crippen molar-refractivity contribution < 1.29 is 14.6 Å². The third-order valence-electron chi connectivity index (χ3n) is 5.38. The summed E-state index contributed by atoms with van der Waals surface area (Å²) in [4.78, 5) is 18.7. The number of nitrogens with zero attached hydrogens (tertiary/aromatic N) is 2. The quantitative estimate of drug-likeness (QED) is 0.883. The first-order chi connectivity index (χ1) is 11.2. The van der Waals surface area contributed by atoms with E-state index in [1.807, 2.05) is 6.20 Å². The van der Waals surface area contributed by atoms with Crippen molar-refractivity contribution in [3.05, 3.63) is 22.9 Å². The van der Waals surface area contributed by atoms with Crippen LogP contribution in [0.15, 0.2) is 6.20 Å². The highest BCUT2D eigenvalue weighted by molar-refractivity contribution is 5.95. The Morgan fingerprint density at radius 1 is 1.39 bits per heavy atom. The number of carboxylic acid groups (broad SMARTS) is 1. The Bertz CT molecular complexity index is 609. The van der Waals surface area contributed by atoms with Crippen molar-refractivity contribution in [2.24, 2.45) is 0 Å². The highest BCUT2D eigenvalue weighted by atomic mass is 16.5. The molecule has 1 aromatic rings. The molecule has 124 valence electrons. The van der Waals surface area contributed by atoms with E-state index >= 15 is 0 Å². The van der Waals surface area contributed by atoms with E-state index in [0.717, 1.165) is 63.1 Å². The van der Waals surface area contributed by atoms with Gasteiger partial charge in [-0.15, -0.1) is 0 Å². The first kappa shape index (κ1) is 14.9. The molecule has 1 aliphatic carbocycles. The lowest BCUT2D eigenvalue weighted by atomic mass is 9.91. The molecule has 0 aromatic carbocycles. The molecule has 1 aromatic heterocycles. The number of carbonyl (C=O) groups is 1. The smallest absolute Gasteiger partial charge is 0.339 e. The molecule has 1 saturated carbocycles. The summed E-state index contributed by atoms with van der Waals surface area (Å²) in [6, 6.07) is 0.846. The van der Waals surface area contributed by atoms with Gasteiger partial charge in [-0.05, 0) is 43.2 Å². The average Bonchev–Trinajstić information content (AvgIpc) is 3.04. The Morgan fingerprint density at radius 3 is 2.91 bits per heavy atom. The zero-order valence-corrected chi connectivity index (χ0v) is 13.3. The van der Waals surface area contributed by atoms with Crippen LogP contribution >= 0.6 is 0 Å². The second-order valence-corrected chi connectivity index (χ2v) is 6.80. The minimum absolute atomic E-state index is 0.384. The number of ether oxygens (including phenoxy) is 1. The fourth-order valence-corrected chi connectivity index (χ4v) is 3.77. The van der Waals surface area contributed by atoms with Crippen molar-refractivity contribution in [1.29, 1.82) is 0 Å². The lowest BCUT2D eigenvalue weighted by molar-refractivity contribution is 0.0694. The molecule has 2 fully saturated rings. The molecule has 0 bridgehead atoms. The van der Waals surface area contributed by atoms with Crippen LogP contribution in [0.25, 0.3) is 0 Å². The van der Waals surface area contributed by atoms with Crippen LogP contribution in [-0.4, -0.2) is 52.8 Å². The summed E-state index contributed by atoms with van der Waals surface area (Å²) in [6.07, 6.45) is 7.12. The molecule has 0 amide bonds. The average molecular weight is 317 g/mol. The molecule has 1 atom stereocenters. The molecule has 4 rings (SSSR count). The summed E-state index contributed by atoms with van der Waals surface area (Å²) in [6.45, 7) is 3.29. The molecule has 0 spiro atoms. The lowest BCUT2D eigenvalue weighted by Crippen LogP contribution is -2.40. The minimum atomic E-state index is -0.867. The summed E-state index contributed by atoms with van der Waals surface area (Å²) >= 11 is 0. The Morgan fingerprint density at radius 2 is 2.26 bits per heavy atom. The van der Waals surface area contributed by atoms with E-state index in [9.17, 15) is 9.90 Å². The molecule has 3 aliphatic rings. The van der Waals surface area contributed by atoms with Gasteiger partial charge in [0.05, 0.1) is 6.61 Å². The van der Waals surface area contributed by atoms with Crippen LogP contribution in [0, 0.1) is 0 Å². The van der Waals surface area contributed by atoms with Gasteiger partial charge >= 0.3 is 5.97 Å². The molecule has 0 radical (unpaired) electrons. The van der Waals surface area contributed by atoms with Gasteiger partial charge in [-0.3, -0.25) is 4.90 Å². The number of anilines is 1. The van der Waals surface area contributed by atoms with Gasteiger partial charge in [0.25, 0.3) is 0 Å². The fourth-order valence-electron chi connectivity index (χ4n) is 3.77. The van der Waals surface area contributed by atoms with Crippen LogP contribution in [0.1, 0.15) is 47.2 Å². The predicted molar refractivity (Wildman–Crippen MR) is 85.8 cm³/mol. The summed E-state index contributed by atoms with van der Waals surface area (Å²) in [7, 11) is 0. The molecule has 2 aliphatic heterocycles. The van der Waals surface area contributed by atoms with Crippen LogP contribution in [0.5, 0.6) is 0 Å². The number of fused-ring (bicyclic) bond motifs is 1. The maximum absolute atomic E-state index is 11.8. The van der Waals surface area contributed by atoms with Crippen LogP contribution in [0.2, 0.25) is 0 Å². The minimum Gasteiger partial charge on any atom is -0.478 e. The number of carboxylic acids is 1. The summed E-state index contributed by atoms with van der Waals surface area (Å²) in [5.74, 6) is -0.313. The molecule has 2 N–H and O–H groups in total. The van der Waals surface area contributed by atoms with Crippen LogP contribution < -0.4 is 5.32 Å². The molecular weight excluding hydrogens is 294 g/mol. The Hall–Kier alpha value is -1.66. The van der Waals surface area contributed by atoms with E-state index in [1.54, 1.807) is 0 Å². The van der Waals surface area contributed by atoms with Crippen molar-refractivity contribution in [2.45, 2.75) is 50.7 Å². The predicted octanol–water partition coefficient (Wildman–Crippen LogP) is 1.89. The monoisotopic (exact) mass is 317 g/mol. The molecule has 0 unspecified atom stereocenters. The number of rotatable bonds is 4. The number of hydrogen-bond donors (Lipinski definition) is 2. The van der Waals surface area contributed by atoms with E-state index in [-0.39, 0.29) is 0 Å². The highest BCUT2D eigenvalue weighted by Gasteiger charge is 2.31. The van der Waals surface area contributed by atoms with Crippen molar-refractivity contribution in [3.63, 3.8) is 0 Å². The van der Waals surface area contributed by atoms with E-state index < -0.39 is 5.97 Å². The van der Waals surface area contributed by atoms with Crippen LogP contribution in [0.4, 0.5) is 5.82 Å². The first-order valence-corrected chi connectivity index (χ1v) is 8.54. The Balaban J connectivity index is 1.60. The van der Waals surface area contributed by atoms with Gasteiger partial charge in [-0.25, -0.2) is 9.78 Å². The second kappa shape index (κ2) is 6.09. The van der Waals surface area contributed by atoms with Gasteiger partial charge in [0.15, 0.2) is 0 Å². The zero-order chi connectivity index (χ0) is 15.8. The molecular formula is C17H23N3O3.